The summed E-state index contributed by atoms with van der Waals surface area (Å²) in [5.74, 6) is -0.723. The number of amides is 1. The van der Waals surface area contributed by atoms with Crippen molar-refractivity contribution in [2.24, 2.45) is 0 Å². The fourth-order valence-electron chi connectivity index (χ4n) is 2.33. The van der Waals surface area contributed by atoms with Gasteiger partial charge in [-0.15, -0.1) is 0 Å². The summed E-state index contributed by atoms with van der Waals surface area (Å²) in [7, 11) is 0. The van der Waals surface area contributed by atoms with Crippen LogP contribution in [0.1, 0.15) is 30.9 Å². The zero-order valence-corrected chi connectivity index (χ0v) is 15.0. The minimum atomic E-state index is -1.01. The maximum Gasteiger partial charge on any atom is 0.303 e. The summed E-state index contributed by atoms with van der Waals surface area (Å²) in [4.78, 5) is 22.1. The number of carboxylic acids is 1. The lowest BCUT2D eigenvalue weighted by molar-refractivity contribution is -0.138. The standard InChI is InChI=1S/C20H22FNO5/c1-2-26-18-11-14(12-22-19(23)9-10-20(24)25)7-8-17(18)27-13-15-5-3-4-6-16(15)21/h3-8,11H,2,9-10,12-13H2,1H3,(H,22,23)(H,24,25). The first kappa shape index (κ1) is 20.2. The van der Waals surface area contributed by atoms with E-state index in [1.165, 1.54) is 6.07 Å². The third-order valence-electron chi connectivity index (χ3n) is 3.70. The predicted octanol–water partition coefficient (Wildman–Crippen LogP) is 3.28. The highest BCUT2D eigenvalue weighted by Gasteiger charge is 2.10. The van der Waals surface area contributed by atoms with Gasteiger partial charge in [-0.25, -0.2) is 4.39 Å². The second kappa shape index (κ2) is 10.2. The molecule has 144 valence electrons. The van der Waals surface area contributed by atoms with Crippen molar-refractivity contribution < 1.29 is 28.6 Å². The van der Waals surface area contributed by atoms with Crippen LogP contribution in [0.4, 0.5) is 4.39 Å². The van der Waals surface area contributed by atoms with Crippen LogP contribution >= 0.6 is 0 Å². The predicted molar refractivity (Wildman–Crippen MR) is 97.1 cm³/mol. The first-order valence-corrected chi connectivity index (χ1v) is 8.60. The van der Waals surface area contributed by atoms with Gasteiger partial charge in [-0.3, -0.25) is 9.59 Å². The molecule has 0 aliphatic rings. The van der Waals surface area contributed by atoms with E-state index >= 15 is 0 Å². The Morgan fingerprint density at radius 1 is 1.07 bits per heavy atom. The van der Waals surface area contributed by atoms with Crippen molar-refractivity contribution in [3.8, 4) is 11.5 Å². The summed E-state index contributed by atoms with van der Waals surface area (Å²) in [5.41, 5.74) is 1.22. The molecule has 0 unspecified atom stereocenters. The lowest BCUT2D eigenvalue weighted by Crippen LogP contribution is -2.23. The van der Waals surface area contributed by atoms with Gasteiger partial charge in [0.1, 0.15) is 12.4 Å². The number of carbonyl (C=O) groups excluding carboxylic acids is 1. The largest absolute Gasteiger partial charge is 0.490 e. The summed E-state index contributed by atoms with van der Waals surface area (Å²) < 4.78 is 25.0. The Morgan fingerprint density at radius 2 is 1.85 bits per heavy atom. The number of benzene rings is 2. The first-order valence-electron chi connectivity index (χ1n) is 8.60. The van der Waals surface area contributed by atoms with Crippen molar-refractivity contribution in [3.63, 3.8) is 0 Å². The quantitative estimate of drug-likeness (QED) is 0.666. The van der Waals surface area contributed by atoms with E-state index in [9.17, 15) is 14.0 Å². The first-order chi connectivity index (χ1) is 13.0. The molecule has 0 fully saturated rings. The van der Waals surface area contributed by atoms with Gasteiger partial charge in [-0.1, -0.05) is 24.3 Å². The van der Waals surface area contributed by atoms with E-state index < -0.39 is 5.97 Å². The van der Waals surface area contributed by atoms with Gasteiger partial charge in [-0.05, 0) is 30.7 Å². The van der Waals surface area contributed by atoms with Crippen LogP contribution in [0.25, 0.3) is 0 Å². The normalized spacial score (nSPS) is 10.3. The SMILES string of the molecule is CCOc1cc(CNC(=O)CCC(=O)O)ccc1OCc1ccccc1F. The topological polar surface area (TPSA) is 84.9 Å². The average Bonchev–Trinajstić information content (AvgIpc) is 2.65. The molecule has 2 aromatic carbocycles. The second-order valence-corrected chi connectivity index (χ2v) is 5.76. The van der Waals surface area contributed by atoms with Crippen molar-refractivity contribution in [1.82, 2.24) is 5.32 Å². The molecule has 2 rings (SSSR count). The van der Waals surface area contributed by atoms with Crippen molar-refractivity contribution in [2.75, 3.05) is 6.61 Å². The number of ether oxygens (including phenoxy) is 2. The monoisotopic (exact) mass is 375 g/mol. The zero-order chi connectivity index (χ0) is 19.6. The summed E-state index contributed by atoms with van der Waals surface area (Å²) >= 11 is 0. The number of rotatable bonds is 10. The van der Waals surface area contributed by atoms with Crippen LogP contribution in [0.15, 0.2) is 42.5 Å². The number of hydrogen-bond acceptors (Lipinski definition) is 4. The lowest BCUT2D eigenvalue weighted by Gasteiger charge is -2.14. The number of halogens is 1. The molecule has 0 atom stereocenters. The van der Waals surface area contributed by atoms with Crippen LogP contribution < -0.4 is 14.8 Å². The molecule has 7 heteroatoms. The van der Waals surface area contributed by atoms with Gasteiger partial charge < -0.3 is 19.9 Å². The maximum atomic E-state index is 13.7. The molecule has 0 bridgehead atoms. The van der Waals surface area contributed by atoms with Gasteiger partial charge in [0.25, 0.3) is 0 Å². The minimum absolute atomic E-state index is 0.0675. The highest BCUT2D eigenvalue weighted by Crippen LogP contribution is 2.29. The number of carboxylic acid groups (broad SMARTS) is 1. The molecule has 0 heterocycles. The van der Waals surface area contributed by atoms with Crippen LogP contribution in [0.2, 0.25) is 0 Å². The van der Waals surface area contributed by atoms with Gasteiger partial charge in [0.15, 0.2) is 11.5 Å². The molecular formula is C20H22FNO5. The van der Waals surface area contributed by atoms with Gasteiger partial charge >= 0.3 is 5.97 Å². The lowest BCUT2D eigenvalue weighted by atomic mass is 10.2. The molecule has 27 heavy (non-hydrogen) atoms. The Bertz CT molecular complexity index is 794. The van der Waals surface area contributed by atoms with E-state index in [0.717, 1.165) is 5.56 Å². The fourth-order valence-corrected chi connectivity index (χ4v) is 2.33. The number of nitrogens with one attached hydrogen (secondary N) is 1. The fraction of sp³-hybridized carbons (Fsp3) is 0.300. The van der Waals surface area contributed by atoms with Crippen molar-refractivity contribution in [1.29, 1.82) is 0 Å². The number of aliphatic carboxylic acids is 1. The molecule has 0 saturated heterocycles. The van der Waals surface area contributed by atoms with Gasteiger partial charge in [-0.2, -0.15) is 0 Å². The van der Waals surface area contributed by atoms with E-state index in [1.54, 1.807) is 36.4 Å². The van der Waals surface area contributed by atoms with Crippen molar-refractivity contribution in [2.45, 2.75) is 32.9 Å². The second-order valence-electron chi connectivity index (χ2n) is 5.76. The Kier molecular flexibility index (Phi) is 7.61. The summed E-state index contributed by atoms with van der Waals surface area (Å²) in [5, 5.41) is 11.2. The molecule has 2 N–H and O–H groups in total. The Balaban J connectivity index is 1.99. The highest BCUT2D eigenvalue weighted by molar-refractivity contribution is 5.80. The maximum absolute atomic E-state index is 13.7. The molecule has 0 spiro atoms. The molecule has 2 aromatic rings. The Morgan fingerprint density at radius 3 is 2.56 bits per heavy atom. The molecule has 6 nitrogen and oxygen atoms in total. The summed E-state index contributed by atoms with van der Waals surface area (Å²) in [6, 6.07) is 11.6. The Labute approximate surface area is 156 Å². The van der Waals surface area contributed by atoms with E-state index in [0.29, 0.717) is 23.7 Å². The van der Waals surface area contributed by atoms with E-state index in [2.05, 4.69) is 5.32 Å². The molecule has 1 amide bonds. The van der Waals surface area contributed by atoms with Gasteiger partial charge in [0.2, 0.25) is 5.91 Å². The molecule has 0 aromatic heterocycles. The van der Waals surface area contributed by atoms with Crippen LogP contribution in [-0.2, 0) is 22.7 Å². The molecule has 0 aliphatic carbocycles. The highest BCUT2D eigenvalue weighted by atomic mass is 19.1. The molecular weight excluding hydrogens is 353 g/mol. The summed E-state index contributed by atoms with van der Waals surface area (Å²) in [6.07, 6.45) is -0.281. The van der Waals surface area contributed by atoms with E-state index in [1.807, 2.05) is 6.92 Å². The van der Waals surface area contributed by atoms with E-state index in [4.69, 9.17) is 14.6 Å². The molecule has 0 saturated carbocycles. The zero-order valence-electron chi connectivity index (χ0n) is 15.0. The smallest absolute Gasteiger partial charge is 0.303 e. The number of carbonyl (C=O) groups is 2. The Hall–Kier alpha value is -3.09. The third kappa shape index (κ3) is 6.62. The van der Waals surface area contributed by atoms with Gasteiger partial charge in [0, 0.05) is 18.5 Å². The van der Waals surface area contributed by atoms with Crippen LogP contribution in [0, 0.1) is 5.82 Å². The number of hydrogen-bond donors (Lipinski definition) is 2. The van der Waals surface area contributed by atoms with Crippen LogP contribution in [0.3, 0.4) is 0 Å². The van der Waals surface area contributed by atoms with Crippen LogP contribution in [-0.4, -0.2) is 23.6 Å². The van der Waals surface area contributed by atoms with E-state index in [-0.39, 0.29) is 37.7 Å². The van der Waals surface area contributed by atoms with Crippen molar-refractivity contribution >= 4 is 11.9 Å². The molecule has 0 aliphatic heterocycles. The van der Waals surface area contributed by atoms with Crippen LogP contribution in [0.5, 0.6) is 11.5 Å². The average molecular weight is 375 g/mol. The van der Waals surface area contributed by atoms with Crippen molar-refractivity contribution in [3.05, 3.63) is 59.4 Å². The summed E-state index contributed by atoms with van der Waals surface area (Å²) in [6.45, 7) is 2.57. The third-order valence-corrected chi connectivity index (χ3v) is 3.70. The minimum Gasteiger partial charge on any atom is -0.490 e. The molecule has 0 radical (unpaired) electrons. The van der Waals surface area contributed by atoms with Gasteiger partial charge in [0.05, 0.1) is 13.0 Å².